The molecule has 1 aliphatic carbocycles. The van der Waals surface area contributed by atoms with Crippen molar-refractivity contribution in [1.29, 1.82) is 0 Å². The van der Waals surface area contributed by atoms with Gasteiger partial charge in [0, 0.05) is 12.3 Å². The molecule has 0 amide bonds. The Balaban J connectivity index is 3.06. The quantitative estimate of drug-likeness (QED) is 0.693. The van der Waals surface area contributed by atoms with E-state index in [4.69, 9.17) is 0 Å². The minimum absolute atomic E-state index is 0.227. The van der Waals surface area contributed by atoms with Gasteiger partial charge in [0.15, 0.2) is 5.78 Å². The standard InChI is InChI=1S/C11H18O4/c1-7(8(2)12)11(10(14)15)6-4-3-5-9(11)13/h7-8,12H,3-6H2,1-2H3,(H,14,15). The second-order valence-electron chi connectivity index (χ2n) is 4.44. The van der Waals surface area contributed by atoms with Crippen LogP contribution in [0.15, 0.2) is 0 Å². The zero-order valence-corrected chi connectivity index (χ0v) is 9.19. The number of hydrogen-bond acceptors (Lipinski definition) is 3. The first-order chi connectivity index (χ1) is 6.93. The van der Waals surface area contributed by atoms with Crippen molar-refractivity contribution in [2.75, 3.05) is 0 Å². The molecule has 15 heavy (non-hydrogen) atoms. The van der Waals surface area contributed by atoms with Crippen LogP contribution in [0.4, 0.5) is 0 Å². The molecule has 1 rings (SSSR count). The lowest BCUT2D eigenvalue weighted by molar-refractivity contribution is -0.164. The molecule has 4 nitrogen and oxygen atoms in total. The van der Waals surface area contributed by atoms with Crippen molar-refractivity contribution in [3.63, 3.8) is 0 Å². The molecule has 0 aliphatic heterocycles. The van der Waals surface area contributed by atoms with Gasteiger partial charge in [-0.25, -0.2) is 0 Å². The first-order valence-electron chi connectivity index (χ1n) is 5.37. The predicted octanol–water partition coefficient (Wildman–Crippen LogP) is 1.22. The highest BCUT2D eigenvalue weighted by Crippen LogP contribution is 2.41. The number of aliphatic hydroxyl groups is 1. The molecule has 0 spiro atoms. The van der Waals surface area contributed by atoms with Crippen molar-refractivity contribution in [1.82, 2.24) is 0 Å². The van der Waals surface area contributed by atoms with E-state index in [0.717, 1.165) is 12.8 Å². The maximum absolute atomic E-state index is 11.8. The number of hydrogen-bond donors (Lipinski definition) is 2. The van der Waals surface area contributed by atoms with Gasteiger partial charge >= 0.3 is 5.97 Å². The highest BCUT2D eigenvalue weighted by Gasteiger charge is 2.52. The average Bonchev–Trinajstić information content (AvgIpc) is 2.17. The van der Waals surface area contributed by atoms with E-state index in [1.807, 2.05) is 0 Å². The third kappa shape index (κ3) is 1.91. The fourth-order valence-electron chi connectivity index (χ4n) is 2.37. The van der Waals surface area contributed by atoms with Crippen molar-refractivity contribution < 1.29 is 19.8 Å². The maximum atomic E-state index is 11.8. The molecule has 0 aromatic rings. The van der Waals surface area contributed by atoms with Crippen LogP contribution in [0, 0.1) is 11.3 Å². The van der Waals surface area contributed by atoms with Crippen LogP contribution < -0.4 is 0 Å². The summed E-state index contributed by atoms with van der Waals surface area (Å²) in [7, 11) is 0. The predicted molar refractivity (Wildman–Crippen MR) is 54.4 cm³/mol. The van der Waals surface area contributed by atoms with E-state index >= 15 is 0 Å². The lowest BCUT2D eigenvalue weighted by atomic mass is 9.64. The Kier molecular flexibility index (Phi) is 3.50. The zero-order valence-electron chi connectivity index (χ0n) is 9.19. The van der Waals surface area contributed by atoms with Gasteiger partial charge in [-0.3, -0.25) is 9.59 Å². The molecule has 1 saturated carbocycles. The highest BCUT2D eigenvalue weighted by molar-refractivity contribution is 6.03. The average molecular weight is 214 g/mol. The van der Waals surface area contributed by atoms with Gasteiger partial charge in [0.2, 0.25) is 0 Å². The Morgan fingerprint density at radius 2 is 2.00 bits per heavy atom. The largest absolute Gasteiger partial charge is 0.480 e. The smallest absolute Gasteiger partial charge is 0.317 e. The third-order valence-electron chi connectivity index (χ3n) is 3.61. The van der Waals surface area contributed by atoms with Gasteiger partial charge in [-0.05, 0) is 19.8 Å². The summed E-state index contributed by atoms with van der Waals surface area (Å²) >= 11 is 0. The van der Waals surface area contributed by atoms with Crippen LogP contribution in [0.2, 0.25) is 0 Å². The molecule has 4 heteroatoms. The van der Waals surface area contributed by atoms with E-state index in [9.17, 15) is 19.8 Å². The summed E-state index contributed by atoms with van der Waals surface area (Å²) in [5.41, 5.74) is -1.35. The molecule has 3 atom stereocenters. The van der Waals surface area contributed by atoms with Gasteiger partial charge in [0.25, 0.3) is 0 Å². The normalized spacial score (nSPS) is 31.0. The first-order valence-corrected chi connectivity index (χ1v) is 5.37. The van der Waals surface area contributed by atoms with Crippen molar-refractivity contribution in [3.8, 4) is 0 Å². The Morgan fingerprint density at radius 1 is 1.40 bits per heavy atom. The summed E-state index contributed by atoms with van der Waals surface area (Å²) < 4.78 is 0. The molecule has 0 saturated heterocycles. The summed E-state index contributed by atoms with van der Waals surface area (Å²) in [5.74, 6) is -1.84. The number of aliphatic carboxylic acids is 1. The molecule has 86 valence electrons. The van der Waals surface area contributed by atoms with Gasteiger partial charge in [0.05, 0.1) is 6.10 Å². The Labute approximate surface area is 89.3 Å². The van der Waals surface area contributed by atoms with Crippen LogP contribution in [0.25, 0.3) is 0 Å². The summed E-state index contributed by atoms with van der Waals surface area (Å²) in [6, 6.07) is 0. The number of ketones is 1. The van der Waals surface area contributed by atoms with Crippen molar-refractivity contribution in [2.45, 2.75) is 45.6 Å². The Bertz CT molecular complexity index is 272. The molecule has 0 bridgehead atoms. The molecular weight excluding hydrogens is 196 g/mol. The van der Waals surface area contributed by atoms with E-state index in [0.29, 0.717) is 12.8 Å². The fraction of sp³-hybridized carbons (Fsp3) is 0.818. The topological polar surface area (TPSA) is 74.6 Å². The molecule has 0 heterocycles. The van der Waals surface area contributed by atoms with Gasteiger partial charge in [-0.1, -0.05) is 13.3 Å². The first kappa shape index (κ1) is 12.2. The van der Waals surface area contributed by atoms with Crippen LogP contribution in [0.3, 0.4) is 0 Å². The van der Waals surface area contributed by atoms with Crippen LogP contribution in [0.1, 0.15) is 39.5 Å². The van der Waals surface area contributed by atoms with Crippen molar-refractivity contribution in [3.05, 3.63) is 0 Å². The fourth-order valence-corrected chi connectivity index (χ4v) is 2.37. The second-order valence-corrected chi connectivity index (χ2v) is 4.44. The van der Waals surface area contributed by atoms with Gasteiger partial charge in [-0.2, -0.15) is 0 Å². The second kappa shape index (κ2) is 4.31. The summed E-state index contributed by atoms with van der Waals surface area (Å²) in [5, 5.41) is 18.7. The molecule has 1 fully saturated rings. The molecule has 1 aliphatic rings. The van der Waals surface area contributed by atoms with Crippen molar-refractivity contribution >= 4 is 11.8 Å². The molecule has 3 unspecified atom stereocenters. The molecule has 2 N–H and O–H groups in total. The van der Waals surface area contributed by atoms with E-state index in [1.54, 1.807) is 6.92 Å². The van der Waals surface area contributed by atoms with Crippen molar-refractivity contribution in [2.24, 2.45) is 11.3 Å². The number of carboxylic acid groups (broad SMARTS) is 1. The van der Waals surface area contributed by atoms with Gasteiger partial charge < -0.3 is 10.2 Å². The van der Waals surface area contributed by atoms with E-state index in [1.165, 1.54) is 6.92 Å². The minimum Gasteiger partial charge on any atom is -0.480 e. The van der Waals surface area contributed by atoms with Crippen LogP contribution in [0.5, 0.6) is 0 Å². The summed E-state index contributed by atoms with van der Waals surface area (Å²) in [6.45, 7) is 3.18. The molecule has 0 aromatic carbocycles. The van der Waals surface area contributed by atoms with Crippen LogP contribution in [-0.4, -0.2) is 28.1 Å². The van der Waals surface area contributed by atoms with Gasteiger partial charge in [0.1, 0.15) is 5.41 Å². The van der Waals surface area contributed by atoms with Crippen LogP contribution >= 0.6 is 0 Å². The highest BCUT2D eigenvalue weighted by atomic mass is 16.4. The minimum atomic E-state index is -1.35. The maximum Gasteiger partial charge on any atom is 0.317 e. The molecule has 0 radical (unpaired) electrons. The number of carbonyl (C=O) groups excluding carboxylic acids is 1. The van der Waals surface area contributed by atoms with E-state index < -0.39 is 23.4 Å². The molecular formula is C11H18O4. The number of carboxylic acids is 1. The number of rotatable bonds is 3. The Morgan fingerprint density at radius 3 is 2.40 bits per heavy atom. The van der Waals surface area contributed by atoms with Crippen LogP contribution in [-0.2, 0) is 9.59 Å². The number of carbonyl (C=O) groups is 2. The monoisotopic (exact) mass is 214 g/mol. The Hall–Kier alpha value is -0.900. The summed E-state index contributed by atoms with van der Waals surface area (Å²) in [6.07, 6.45) is 1.41. The number of aliphatic hydroxyl groups excluding tert-OH is 1. The lowest BCUT2D eigenvalue weighted by Gasteiger charge is -2.38. The zero-order chi connectivity index (χ0) is 11.6. The summed E-state index contributed by atoms with van der Waals surface area (Å²) in [4.78, 5) is 23.1. The SMILES string of the molecule is CC(O)C(C)C1(C(=O)O)CCCCC1=O. The van der Waals surface area contributed by atoms with E-state index in [2.05, 4.69) is 0 Å². The lowest BCUT2D eigenvalue weighted by Crippen LogP contribution is -2.49. The van der Waals surface area contributed by atoms with Gasteiger partial charge in [-0.15, -0.1) is 0 Å². The third-order valence-corrected chi connectivity index (χ3v) is 3.61. The number of Topliss-reactive ketones (excluding diaryl/α,β-unsaturated/α-hetero) is 1. The molecule has 0 aromatic heterocycles. The van der Waals surface area contributed by atoms with E-state index in [-0.39, 0.29) is 5.78 Å².